The van der Waals surface area contributed by atoms with Gasteiger partial charge in [0.2, 0.25) is 0 Å². The van der Waals surface area contributed by atoms with Crippen molar-refractivity contribution < 1.29 is 0 Å². The first-order valence-corrected chi connectivity index (χ1v) is 15.0. The van der Waals surface area contributed by atoms with E-state index < -0.39 is 0 Å². The quantitative estimate of drug-likeness (QED) is 0.212. The summed E-state index contributed by atoms with van der Waals surface area (Å²) in [6.07, 6.45) is 0. The third-order valence-corrected chi connectivity index (χ3v) is 8.10. The van der Waals surface area contributed by atoms with E-state index in [0.717, 1.165) is 0 Å². The number of hydrogen-bond acceptors (Lipinski definition) is 0. The Balaban J connectivity index is 0.000000810. The Labute approximate surface area is 246 Å². The maximum atomic E-state index is 2.35. The summed E-state index contributed by atoms with van der Waals surface area (Å²) in [6, 6.07) is 49.7. The molecule has 0 saturated heterocycles. The molecule has 0 atom stereocenters. The molecule has 0 spiro atoms. The first-order valence-electron chi connectivity index (χ1n) is 15.0. The van der Waals surface area contributed by atoms with E-state index in [2.05, 4.69) is 147 Å². The summed E-state index contributed by atoms with van der Waals surface area (Å²) in [6.45, 7) is 12.3. The van der Waals surface area contributed by atoms with E-state index in [-0.39, 0.29) is 5.41 Å². The summed E-state index contributed by atoms with van der Waals surface area (Å²) in [5.41, 5.74) is 12.7. The van der Waals surface area contributed by atoms with E-state index in [1.54, 1.807) is 0 Å². The Hall–Kier alpha value is -4.42. The second kappa shape index (κ2) is 12.0. The monoisotopic (exact) mass is 532 g/mol. The largest absolute Gasteiger partial charge is 0.0713 e. The Morgan fingerprint density at radius 3 is 1.56 bits per heavy atom. The molecule has 1 aliphatic carbocycles. The smallest absolute Gasteiger partial charge is 0.0683 e. The molecule has 0 heteroatoms. The fourth-order valence-electron chi connectivity index (χ4n) is 6.32. The van der Waals surface area contributed by atoms with Crippen LogP contribution in [0.4, 0.5) is 0 Å². The lowest BCUT2D eigenvalue weighted by molar-refractivity contribution is 0.767. The van der Waals surface area contributed by atoms with Crippen LogP contribution in [0.5, 0.6) is 0 Å². The fourth-order valence-corrected chi connectivity index (χ4v) is 6.32. The number of hydrogen-bond donors (Lipinski definition) is 0. The van der Waals surface area contributed by atoms with Crippen molar-refractivity contribution in [3.8, 4) is 22.3 Å². The number of fused-ring (bicyclic) bond motifs is 4. The number of benzene rings is 6. The summed E-state index contributed by atoms with van der Waals surface area (Å²) in [5, 5.41) is 2.54. The molecule has 0 saturated carbocycles. The maximum absolute atomic E-state index is 2.35. The molecule has 7 rings (SSSR count). The average molecular weight is 533 g/mol. The topological polar surface area (TPSA) is 0 Å². The van der Waals surface area contributed by atoms with Crippen LogP contribution < -0.4 is 0 Å². The summed E-state index contributed by atoms with van der Waals surface area (Å²) in [7, 11) is 0. The predicted octanol–water partition coefficient (Wildman–Crippen LogP) is 11.5. The van der Waals surface area contributed by atoms with Crippen LogP contribution in [-0.4, -0.2) is 0 Å². The molecule has 0 nitrogen and oxygen atoms in total. The fraction of sp³-hybridized carbons (Fsp3) is 0.171. The van der Waals surface area contributed by atoms with E-state index >= 15 is 0 Å². The molecule has 6 aromatic rings. The summed E-state index contributed by atoms with van der Waals surface area (Å²) >= 11 is 0. The van der Waals surface area contributed by atoms with Gasteiger partial charge in [-0.05, 0) is 75.2 Å². The molecule has 0 unspecified atom stereocenters. The second-order valence-electron chi connectivity index (χ2n) is 10.3. The lowest BCUT2D eigenvalue weighted by atomic mass is 9.67. The van der Waals surface area contributed by atoms with Crippen molar-refractivity contribution in [2.45, 2.75) is 47.0 Å². The van der Waals surface area contributed by atoms with Crippen molar-refractivity contribution in [1.29, 1.82) is 0 Å². The van der Waals surface area contributed by atoms with Gasteiger partial charge >= 0.3 is 0 Å². The maximum Gasteiger partial charge on any atom is 0.0713 e. The summed E-state index contributed by atoms with van der Waals surface area (Å²) < 4.78 is 0. The van der Waals surface area contributed by atoms with E-state index in [1.165, 1.54) is 66.4 Å². The van der Waals surface area contributed by atoms with E-state index in [0.29, 0.717) is 0 Å². The van der Waals surface area contributed by atoms with Gasteiger partial charge in [0.05, 0.1) is 5.41 Å². The van der Waals surface area contributed by atoms with Crippen molar-refractivity contribution >= 4 is 10.8 Å². The van der Waals surface area contributed by atoms with E-state index in [9.17, 15) is 0 Å². The van der Waals surface area contributed by atoms with Crippen LogP contribution in [0.3, 0.4) is 0 Å². The molecule has 0 aromatic heterocycles. The van der Waals surface area contributed by atoms with Crippen LogP contribution in [0.1, 0.15) is 61.1 Å². The van der Waals surface area contributed by atoms with Gasteiger partial charge in [-0.15, -0.1) is 0 Å². The normalized spacial score (nSPS) is 12.3. The van der Waals surface area contributed by atoms with Gasteiger partial charge < -0.3 is 0 Å². The van der Waals surface area contributed by atoms with Crippen LogP contribution in [-0.2, 0) is 5.41 Å². The molecule has 204 valence electrons. The molecule has 0 heterocycles. The molecule has 0 N–H and O–H groups in total. The highest BCUT2D eigenvalue weighted by atomic mass is 14.5. The van der Waals surface area contributed by atoms with Crippen molar-refractivity contribution in [3.63, 3.8) is 0 Å². The summed E-state index contributed by atoms with van der Waals surface area (Å²) in [4.78, 5) is 0. The van der Waals surface area contributed by atoms with Crippen LogP contribution in [0.25, 0.3) is 33.0 Å². The van der Waals surface area contributed by atoms with Crippen LogP contribution in [0.2, 0.25) is 0 Å². The number of rotatable bonds is 3. The van der Waals surface area contributed by atoms with Gasteiger partial charge in [-0.25, -0.2) is 0 Å². The molecular formula is C41H40. The van der Waals surface area contributed by atoms with Crippen LogP contribution in [0, 0.1) is 13.8 Å². The third-order valence-electron chi connectivity index (χ3n) is 8.10. The van der Waals surface area contributed by atoms with Crippen molar-refractivity contribution in [3.05, 3.63) is 167 Å². The first kappa shape index (κ1) is 28.1. The van der Waals surface area contributed by atoms with Gasteiger partial charge in [0, 0.05) is 0 Å². The summed E-state index contributed by atoms with van der Waals surface area (Å²) in [5.74, 6) is 0. The highest BCUT2D eigenvalue weighted by Gasteiger charge is 2.46. The molecule has 1 aliphatic rings. The van der Waals surface area contributed by atoms with Gasteiger partial charge in [-0.2, -0.15) is 0 Å². The molecule has 0 fully saturated rings. The third kappa shape index (κ3) is 4.68. The Morgan fingerprint density at radius 2 is 0.927 bits per heavy atom. The van der Waals surface area contributed by atoms with Gasteiger partial charge in [-0.1, -0.05) is 166 Å². The second-order valence-corrected chi connectivity index (χ2v) is 10.3. The van der Waals surface area contributed by atoms with Crippen molar-refractivity contribution in [2.24, 2.45) is 0 Å². The van der Waals surface area contributed by atoms with Gasteiger partial charge in [0.15, 0.2) is 0 Å². The first-order chi connectivity index (χ1) is 20.2. The minimum absolute atomic E-state index is 0.375. The number of aryl methyl sites for hydroxylation is 2. The van der Waals surface area contributed by atoms with E-state index in [1.807, 2.05) is 27.7 Å². The Bertz CT molecular complexity index is 1720. The minimum Gasteiger partial charge on any atom is -0.0683 e. The SMILES string of the molecule is CC.CC.Cc1ccc(C2(c3ccc(C)cc3)c3ccccc3-c3c(-c4ccc5ccccc5c4)cccc32)cc1. The highest BCUT2D eigenvalue weighted by molar-refractivity contribution is 5.97. The minimum atomic E-state index is -0.375. The molecule has 0 radical (unpaired) electrons. The molecule has 6 aromatic carbocycles. The zero-order valence-electron chi connectivity index (χ0n) is 25.2. The molecular weight excluding hydrogens is 492 g/mol. The van der Waals surface area contributed by atoms with Crippen LogP contribution in [0.15, 0.2) is 133 Å². The van der Waals surface area contributed by atoms with Gasteiger partial charge in [-0.3, -0.25) is 0 Å². The average Bonchev–Trinajstić information content (AvgIpc) is 3.35. The molecule has 0 bridgehead atoms. The predicted molar refractivity (Wildman–Crippen MR) is 179 cm³/mol. The van der Waals surface area contributed by atoms with Crippen LogP contribution >= 0.6 is 0 Å². The standard InChI is InChI=1S/C37H28.2C2H6/c1-25-14-20-30(21-15-25)37(31-22-16-26(2)17-23-31)34-12-6-5-10-33(34)36-32(11-7-13-35(36)37)29-19-18-27-8-3-4-9-28(27)24-29;2*1-2/h3-24H,1-2H3;2*1-2H3. The van der Waals surface area contributed by atoms with Crippen molar-refractivity contribution in [2.75, 3.05) is 0 Å². The lowest BCUT2D eigenvalue weighted by Crippen LogP contribution is -2.28. The Kier molecular flexibility index (Phi) is 8.22. The van der Waals surface area contributed by atoms with Gasteiger partial charge in [0.25, 0.3) is 0 Å². The zero-order valence-corrected chi connectivity index (χ0v) is 25.2. The lowest BCUT2D eigenvalue weighted by Gasteiger charge is -2.34. The Morgan fingerprint density at radius 1 is 0.415 bits per heavy atom. The highest BCUT2D eigenvalue weighted by Crippen LogP contribution is 2.58. The molecule has 41 heavy (non-hydrogen) atoms. The van der Waals surface area contributed by atoms with Gasteiger partial charge in [0.1, 0.15) is 0 Å². The molecule has 0 amide bonds. The molecule has 0 aliphatic heterocycles. The van der Waals surface area contributed by atoms with Crippen molar-refractivity contribution in [1.82, 2.24) is 0 Å². The zero-order chi connectivity index (χ0) is 29.0. The van der Waals surface area contributed by atoms with E-state index in [4.69, 9.17) is 0 Å².